The summed E-state index contributed by atoms with van der Waals surface area (Å²) >= 11 is 0. The smallest absolute Gasteiger partial charge is 0.177 e. The van der Waals surface area contributed by atoms with Crippen molar-refractivity contribution in [1.29, 1.82) is 0 Å². The molecule has 1 saturated heterocycles. The summed E-state index contributed by atoms with van der Waals surface area (Å²) in [6.45, 7) is 9.20. The lowest BCUT2D eigenvalue weighted by atomic mass is 9.96. The Kier molecular flexibility index (Phi) is 6.24. The number of hydrogen-bond donors (Lipinski definition) is 0. The minimum Gasteiger partial charge on any atom is -0.350 e. The Morgan fingerprint density at radius 3 is 2.70 bits per heavy atom. The molecule has 4 rings (SSSR count). The first-order chi connectivity index (χ1) is 14.4. The topological polar surface area (TPSA) is 52.4 Å². The normalized spacial score (nSPS) is 19.0. The third-order valence-electron chi connectivity index (χ3n) is 5.69. The molecule has 6 heteroatoms. The molecular formula is C24H32N4O2. The van der Waals surface area contributed by atoms with E-state index in [1.165, 1.54) is 18.4 Å². The van der Waals surface area contributed by atoms with E-state index in [9.17, 15) is 0 Å². The fourth-order valence-electron chi connectivity index (χ4n) is 3.62. The number of hydrogen-bond acceptors (Lipinski definition) is 5. The van der Waals surface area contributed by atoms with Crippen molar-refractivity contribution < 1.29 is 9.47 Å². The van der Waals surface area contributed by atoms with Crippen LogP contribution in [0.4, 0.5) is 0 Å². The predicted molar refractivity (Wildman–Crippen MR) is 117 cm³/mol. The number of rotatable bonds is 6. The van der Waals surface area contributed by atoms with Gasteiger partial charge < -0.3 is 9.47 Å². The van der Waals surface area contributed by atoms with Gasteiger partial charge in [-0.3, -0.25) is 4.90 Å². The van der Waals surface area contributed by atoms with Gasteiger partial charge in [0.25, 0.3) is 0 Å². The molecule has 1 aliphatic carbocycles. The van der Waals surface area contributed by atoms with Crippen molar-refractivity contribution in [3.05, 3.63) is 35.5 Å². The highest BCUT2D eigenvalue weighted by Gasteiger charge is 2.28. The van der Waals surface area contributed by atoms with E-state index < -0.39 is 0 Å². The molecule has 1 saturated carbocycles. The van der Waals surface area contributed by atoms with Crippen molar-refractivity contribution in [2.24, 2.45) is 5.41 Å². The summed E-state index contributed by atoms with van der Waals surface area (Å²) in [6.07, 6.45) is 5.24. The van der Waals surface area contributed by atoms with Gasteiger partial charge in [0.15, 0.2) is 6.29 Å². The molecule has 2 heterocycles. The highest BCUT2D eigenvalue weighted by Crippen LogP contribution is 2.26. The van der Waals surface area contributed by atoms with Gasteiger partial charge in [-0.1, -0.05) is 43.9 Å². The molecule has 1 aromatic carbocycles. The van der Waals surface area contributed by atoms with Crippen LogP contribution in [0.3, 0.4) is 0 Å². The van der Waals surface area contributed by atoms with E-state index in [1.807, 2.05) is 6.20 Å². The molecule has 1 aromatic heterocycles. The molecule has 2 aromatic rings. The Morgan fingerprint density at radius 2 is 2.00 bits per heavy atom. The number of benzene rings is 1. The summed E-state index contributed by atoms with van der Waals surface area (Å²) in [5.41, 5.74) is 4.33. The number of aryl methyl sites for hydroxylation is 1. The Balaban J connectivity index is 1.41. The van der Waals surface area contributed by atoms with Crippen molar-refractivity contribution in [2.75, 3.05) is 26.8 Å². The number of nitrogens with zero attached hydrogens (tertiary/aromatic N) is 4. The van der Waals surface area contributed by atoms with Crippen LogP contribution < -0.4 is 0 Å². The first kappa shape index (κ1) is 21.0. The van der Waals surface area contributed by atoms with Crippen LogP contribution in [0.1, 0.15) is 44.7 Å². The molecular weight excluding hydrogens is 376 g/mol. The van der Waals surface area contributed by atoms with Crippen LogP contribution in [0.15, 0.2) is 24.4 Å². The lowest BCUT2D eigenvalue weighted by molar-refractivity contribution is -0.227. The number of ether oxygens (including phenoxy) is 2. The van der Waals surface area contributed by atoms with Gasteiger partial charge in [0.2, 0.25) is 0 Å². The molecule has 6 nitrogen and oxygen atoms in total. The summed E-state index contributed by atoms with van der Waals surface area (Å²) < 4.78 is 13.4. The van der Waals surface area contributed by atoms with Crippen molar-refractivity contribution >= 4 is 0 Å². The molecule has 2 fully saturated rings. The summed E-state index contributed by atoms with van der Waals surface area (Å²) in [6, 6.07) is 7.10. The standard InChI is InChI=1S/C24H32N4O2/c1-5-19-13-18(7-6-12-27(4)20-9-10-20)8-11-21(19)22-14-28(26-25-22)15-23-29-16-24(2,3)17-30-23/h8,11,13-14,20,23H,5,9-10,12,15-17H2,1-4H3. The summed E-state index contributed by atoms with van der Waals surface area (Å²) in [7, 11) is 2.15. The summed E-state index contributed by atoms with van der Waals surface area (Å²) in [5.74, 6) is 6.62. The summed E-state index contributed by atoms with van der Waals surface area (Å²) in [5, 5.41) is 8.68. The molecule has 0 bridgehead atoms. The van der Waals surface area contributed by atoms with E-state index in [0.717, 1.165) is 35.8 Å². The van der Waals surface area contributed by atoms with E-state index in [2.05, 4.69) is 73.1 Å². The molecule has 0 unspecified atom stereocenters. The van der Waals surface area contributed by atoms with Crippen LogP contribution in [0.2, 0.25) is 0 Å². The maximum absolute atomic E-state index is 5.82. The van der Waals surface area contributed by atoms with Gasteiger partial charge in [-0.25, -0.2) is 4.68 Å². The van der Waals surface area contributed by atoms with Crippen LogP contribution in [0.25, 0.3) is 11.3 Å². The van der Waals surface area contributed by atoms with Gasteiger partial charge in [-0.15, -0.1) is 5.10 Å². The maximum Gasteiger partial charge on any atom is 0.177 e. The fourth-order valence-corrected chi connectivity index (χ4v) is 3.62. The van der Waals surface area contributed by atoms with Gasteiger partial charge in [-0.2, -0.15) is 0 Å². The summed E-state index contributed by atoms with van der Waals surface area (Å²) in [4.78, 5) is 2.33. The monoisotopic (exact) mass is 408 g/mol. The maximum atomic E-state index is 5.82. The molecule has 1 aliphatic heterocycles. The Bertz CT molecular complexity index is 926. The zero-order valence-electron chi connectivity index (χ0n) is 18.5. The van der Waals surface area contributed by atoms with Crippen molar-refractivity contribution in [1.82, 2.24) is 19.9 Å². The second-order valence-corrected chi connectivity index (χ2v) is 9.22. The Labute approximate surface area is 179 Å². The highest BCUT2D eigenvalue weighted by molar-refractivity contribution is 5.64. The second kappa shape index (κ2) is 8.89. The van der Waals surface area contributed by atoms with Gasteiger partial charge in [0.05, 0.1) is 32.5 Å². The molecule has 0 spiro atoms. The molecule has 0 radical (unpaired) electrons. The minimum absolute atomic E-state index is 0.0675. The second-order valence-electron chi connectivity index (χ2n) is 9.22. The van der Waals surface area contributed by atoms with E-state index >= 15 is 0 Å². The quantitative estimate of drug-likeness (QED) is 0.686. The van der Waals surface area contributed by atoms with Gasteiger partial charge >= 0.3 is 0 Å². The van der Waals surface area contributed by atoms with Crippen LogP contribution >= 0.6 is 0 Å². The molecule has 0 amide bonds. The van der Waals surface area contributed by atoms with Gasteiger partial charge in [0.1, 0.15) is 5.69 Å². The van der Waals surface area contributed by atoms with E-state index in [1.54, 1.807) is 4.68 Å². The van der Waals surface area contributed by atoms with Crippen LogP contribution in [-0.2, 0) is 22.4 Å². The van der Waals surface area contributed by atoms with Crippen LogP contribution in [-0.4, -0.2) is 59.0 Å². The van der Waals surface area contributed by atoms with Gasteiger partial charge in [-0.05, 0) is 44.0 Å². The van der Waals surface area contributed by atoms with Crippen LogP contribution in [0, 0.1) is 17.3 Å². The zero-order valence-corrected chi connectivity index (χ0v) is 18.5. The molecule has 2 aliphatic rings. The molecule has 0 N–H and O–H groups in total. The minimum atomic E-state index is -0.273. The van der Waals surface area contributed by atoms with Crippen LogP contribution in [0.5, 0.6) is 0 Å². The fraction of sp³-hybridized carbons (Fsp3) is 0.583. The predicted octanol–water partition coefficient (Wildman–Crippen LogP) is 3.35. The third-order valence-corrected chi connectivity index (χ3v) is 5.69. The third kappa shape index (κ3) is 5.28. The zero-order chi connectivity index (χ0) is 21.1. The van der Waals surface area contributed by atoms with Gasteiger partial charge in [0, 0.05) is 22.6 Å². The van der Waals surface area contributed by atoms with E-state index in [0.29, 0.717) is 19.8 Å². The molecule has 160 valence electrons. The SMILES string of the molecule is CCc1cc(C#CCN(C)C2CC2)ccc1-c1cn(CC2OCC(C)(C)CO2)nn1. The Morgan fingerprint density at radius 1 is 1.23 bits per heavy atom. The lowest BCUT2D eigenvalue weighted by Gasteiger charge is -2.34. The first-order valence-corrected chi connectivity index (χ1v) is 10.9. The van der Waals surface area contributed by atoms with Crippen molar-refractivity contribution in [2.45, 2.75) is 58.9 Å². The Hall–Kier alpha value is -2.20. The lowest BCUT2D eigenvalue weighted by Crippen LogP contribution is -2.39. The average molecular weight is 409 g/mol. The first-order valence-electron chi connectivity index (χ1n) is 10.9. The number of aromatic nitrogens is 3. The largest absolute Gasteiger partial charge is 0.350 e. The van der Waals surface area contributed by atoms with Crippen molar-refractivity contribution in [3.63, 3.8) is 0 Å². The average Bonchev–Trinajstić information content (AvgIpc) is 3.49. The molecule has 30 heavy (non-hydrogen) atoms. The molecule has 0 atom stereocenters. The van der Waals surface area contributed by atoms with E-state index in [4.69, 9.17) is 9.47 Å². The van der Waals surface area contributed by atoms with E-state index in [-0.39, 0.29) is 11.7 Å². The van der Waals surface area contributed by atoms with Crippen molar-refractivity contribution in [3.8, 4) is 23.1 Å². The highest BCUT2D eigenvalue weighted by atomic mass is 16.7.